The summed E-state index contributed by atoms with van der Waals surface area (Å²) in [5.41, 5.74) is 7.07. The first-order chi connectivity index (χ1) is 15.2. The highest BCUT2D eigenvalue weighted by molar-refractivity contribution is 7.90. The summed E-state index contributed by atoms with van der Waals surface area (Å²) in [5, 5.41) is 17.0. The second kappa shape index (κ2) is 7.96. The van der Waals surface area contributed by atoms with Crippen LogP contribution in [0.1, 0.15) is 22.8 Å². The van der Waals surface area contributed by atoms with Gasteiger partial charge in [0, 0.05) is 16.6 Å². The van der Waals surface area contributed by atoms with E-state index in [0.29, 0.717) is 31.7 Å². The van der Waals surface area contributed by atoms with E-state index in [-0.39, 0.29) is 27.6 Å². The topological polar surface area (TPSA) is 144 Å². The molecule has 9 nitrogen and oxygen atoms in total. The quantitative estimate of drug-likeness (QED) is 0.423. The van der Waals surface area contributed by atoms with Crippen LogP contribution in [0.2, 0.25) is 5.02 Å². The summed E-state index contributed by atoms with van der Waals surface area (Å²) in [6, 6.07) is 16.0. The molecule has 0 spiro atoms. The van der Waals surface area contributed by atoms with Gasteiger partial charge in [-0.3, -0.25) is 4.79 Å². The van der Waals surface area contributed by atoms with Crippen LogP contribution in [0.15, 0.2) is 59.5 Å². The number of benzene rings is 3. The highest BCUT2D eigenvalue weighted by Gasteiger charge is 2.25. The van der Waals surface area contributed by atoms with E-state index in [1.165, 1.54) is 25.1 Å². The first kappa shape index (κ1) is 21.3. The van der Waals surface area contributed by atoms with E-state index in [4.69, 9.17) is 22.6 Å². The predicted molar refractivity (Wildman–Crippen MR) is 120 cm³/mol. The molecular weight excluding hydrogens is 452 g/mol. The van der Waals surface area contributed by atoms with Crippen molar-refractivity contribution >= 4 is 55.8 Å². The van der Waals surface area contributed by atoms with Crippen molar-refractivity contribution in [3.63, 3.8) is 0 Å². The maximum atomic E-state index is 13.3. The number of nitriles is 1. The second-order valence-electron chi connectivity index (χ2n) is 6.82. The number of rotatable bonds is 5. The van der Waals surface area contributed by atoms with Gasteiger partial charge in [-0.2, -0.15) is 18.7 Å². The van der Waals surface area contributed by atoms with Crippen molar-refractivity contribution in [3.8, 4) is 6.07 Å². The molecule has 0 amide bonds. The summed E-state index contributed by atoms with van der Waals surface area (Å²) >= 11 is 6.02. The largest absolute Gasteiger partial charge is 0.367 e. The van der Waals surface area contributed by atoms with Gasteiger partial charge < -0.3 is 11.1 Å². The van der Waals surface area contributed by atoms with Gasteiger partial charge in [-0.05, 0) is 42.6 Å². The number of hydrogen-bond acceptors (Lipinski definition) is 8. The van der Waals surface area contributed by atoms with Crippen molar-refractivity contribution in [2.75, 3.05) is 11.1 Å². The Morgan fingerprint density at radius 3 is 2.66 bits per heavy atom. The highest BCUT2D eigenvalue weighted by atomic mass is 35.5. The number of nitrogen functional groups attached to an aromatic ring is 1. The van der Waals surface area contributed by atoms with Gasteiger partial charge in [-0.1, -0.05) is 35.9 Å². The zero-order valence-corrected chi connectivity index (χ0v) is 18.1. The van der Waals surface area contributed by atoms with Crippen molar-refractivity contribution in [3.05, 3.63) is 70.7 Å². The lowest BCUT2D eigenvalue weighted by Gasteiger charge is -2.09. The van der Waals surface area contributed by atoms with Crippen molar-refractivity contribution in [2.45, 2.75) is 11.8 Å². The van der Waals surface area contributed by atoms with E-state index < -0.39 is 10.0 Å². The lowest BCUT2D eigenvalue weighted by atomic mass is 10.1. The smallest absolute Gasteiger partial charge is 0.286 e. The molecule has 0 aliphatic heterocycles. The fourth-order valence-corrected chi connectivity index (χ4v) is 4.74. The minimum Gasteiger partial charge on any atom is -0.367 e. The average Bonchev–Trinajstić information content (AvgIpc) is 3.13. The zero-order valence-electron chi connectivity index (χ0n) is 16.6. The van der Waals surface area contributed by atoms with Crippen molar-refractivity contribution in [2.24, 2.45) is 0 Å². The molecule has 0 fully saturated rings. The molecule has 0 atom stereocenters. The Labute approximate surface area is 188 Å². The first-order valence-corrected chi connectivity index (χ1v) is 11.0. The van der Waals surface area contributed by atoms with Crippen LogP contribution >= 0.6 is 11.6 Å². The van der Waals surface area contributed by atoms with Crippen molar-refractivity contribution in [1.82, 2.24) is 14.2 Å². The SMILES string of the molecule is CC(=O)c1ccc2c(S(=O)(=O)n3nc(Nc4ccc(C#N)c(Cl)c4)nc3N)cccc2c1. The highest BCUT2D eigenvalue weighted by Crippen LogP contribution is 2.28. The van der Waals surface area contributed by atoms with Gasteiger partial charge in [0.15, 0.2) is 5.78 Å². The number of fused-ring (bicyclic) bond motifs is 1. The Morgan fingerprint density at radius 2 is 1.97 bits per heavy atom. The van der Waals surface area contributed by atoms with Crippen LogP contribution in [-0.4, -0.2) is 28.4 Å². The van der Waals surface area contributed by atoms with Crippen molar-refractivity contribution < 1.29 is 13.2 Å². The molecule has 0 saturated carbocycles. The molecule has 4 rings (SSSR count). The van der Waals surface area contributed by atoms with Gasteiger partial charge in [-0.25, -0.2) is 0 Å². The molecule has 160 valence electrons. The van der Waals surface area contributed by atoms with Crippen LogP contribution in [0.5, 0.6) is 0 Å². The summed E-state index contributed by atoms with van der Waals surface area (Å²) in [5.74, 6) is -0.533. The van der Waals surface area contributed by atoms with Gasteiger partial charge in [0.05, 0.1) is 15.5 Å². The first-order valence-electron chi connectivity index (χ1n) is 9.19. The van der Waals surface area contributed by atoms with E-state index >= 15 is 0 Å². The number of aromatic nitrogens is 3. The summed E-state index contributed by atoms with van der Waals surface area (Å²) in [6.07, 6.45) is 0. The number of nitrogens with zero attached hydrogens (tertiary/aromatic N) is 4. The van der Waals surface area contributed by atoms with Gasteiger partial charge in [-0.15, -0.1) is 9.19 Å². The number of nitrogens with one attached hydrogen (secondary N) is 1. The van der Waals surface area contributed by atoms with Crippen LogP contribution in [0, 0.1) is 11.3 Å². The number of nitrogens with two attached hydrogens (primary N) is 1. The molecule has 0 saturated heterocycles. The Hall–Kier alpha value is -3.94. The molecule has 4 aromatic rings. The number of carbonyl (C=O) groups is 1. The summed E-state index contributed by atoms with van der Waals surface area (Å²) in [4.78, 5) is 15.6. The Balaban J connectivity index is 1.74. The summed E-state index contributed by atoms with van der Waals surface area (Å²) in [7, 11) is -4.20. The number of halogens is 1. The molecule has 0 radical (unpaired) electrons. The van der Waals surface area contributed by atoms with Crippen LogP contribution in [0.4, 0.5) is 17.6 Å². The molecule has 0 bridgehead atoms. The van der Waals surface area contributed by atoms with E-state index in [1.807, 2.05) is 6.07 Å². The molecule has 0 aliphatic rings. The molecular formula is C21H15ClN6O3S. The van der Waals surface area contributed by atoms with E-state index in [2.05, 4.69) is 15.4 Å². The lowest BCUT2D eigenvalue weighted by molar-refractivity contribution is 0.101. The van der Waals surface area contributed by atoms with E-state index in [1.54, 1.807) is 36.4 Å². The fraction of sp³-hybridized carbons (Fsp3) is 0.0476. The number of carbonyl (C=O) groups excluding carboxylic acids is 1. The maximum absolute atomic E-state index is 13.3. The van der Waals surface area contributed by atoms with Crippen LogP contribution < -0.4 is 11.1 Å². The number of ketones is 1. The van der Waals surface area contributed by atoms with Crippen LogP contribution in [0.3, 0.4) is 0 Å². The number of hydrogen-bond donors (Lipinski definition) is 2. The molecule has 1 aromatic heterocycles. The molecule has 3 N–H and O–H groups in total. The fourth-order valence-electron chi connectivity index (χ4n) is 3.14. The molecule has 0 unspecified atom stereocenters. The normalized spacial score (nSPS) is 11.3. The third-order valence-electron chi connectivity index (χ3n) is 4.70. The molecule has 3 aromatic carbocycles. The molecule has 11 heteroatoms. The van der Waals surface area contributed by atoms with E-state index in [9.17, 15) is 13.2 Å². The maximum Gasteiger partial charge on any atom is 0.286 e. The third-order valence-corrected chi connectivity index (χ3v) is 6.65. The zero-order chi connectivity index (χ0) is 23.0. The third kappa shape index (κ3) is 3.75. The number of anilines is 3. The van der Waals surface area contributed by atoms with Gasteiger partial charge in [0.1, 0.15) is 6.07 Å². The second-order valence-corrected chi connectivity index (χ2v) is 8.96. The molecule has 1 heterocycles. The Morgan fingerprint density at radius 1 is 1.19 bits per heavy atom. The van der Waals surface area contributed by atoms with Crippen LogP contribution in [0.25, 0.3) is 10.8 Å². The average molecular weight is 467 g/mol. The summed E-state index contributed by atoms with van der Waals surface area (Å²) in [6.45, 7) is 1.44. The van der Waals surface area contributed by atoms with Gasteiger partial charge in [0.25, 0.3) is 10.0 Å². The van der Waals surface area contributed by atoms with Crippen molar-refractivity contribution in [1.29, 1.82) is 5.26 Å². The minimum absolute atomic E-state index is 0.0327. The monoisotopic (exact) mass is 466 g/mol. The van der Waals surface area contributed by atoms with E-state index in [0.717, 1.165) is 0 Å². The van der Waals surface area contributed by atoms with Gasteiger partial charge in [0.2, 0.25) is 11.9 Å². The Bertz CT molecular complexity index is 1540. The molecule has 32 heavy (non-hydrogen) atoms. The Kier molecular flexibility index (Phi) is 5.30. The standard InChI is InChI=1S/C21H15ClN6O3S/c1-12(29)13-6-8-17-14(9-13)3-2-4-19(17)32(30,31)28-20(24)26-21(27-28)25-16-7-5-15(11-23)18(22)10-16/h2-10H,1H3,(H3,24,25,26,27). The summed E-state index contributed by atoms with van der Waals surface area (Å²) < 4.78 is 27.3. The number of Topliss-reactive ketones (excluding diaryl/α,β-unsaturated/α-hetero) is 1. The minimum atomic E-state index is -4.20. The van der Waals surface area contributed by atoms with Gasteiger partial charge >= 0.3 is 0 Å². The molecule has 0 aliphatic carbocycles. The van der Waals surface area contributed by atoms with Crippen LogP contribution in [-0.2, 0) is 10.0 Å². The predicted octanol–water partition coefficient (Wildman–Crippen LogP) is 3.72. The lowest BCUT2D eigenvalue weighted by Crippen LogP contribution is -2.17.